The number of benzene rings is 1. The van der Waals surface area contributed by atoms with Crippen LogP contribution in [-0.2, 0) is 6.42 Å². The first kappa shape index (κ1) is 9.34. The Morgan fingerprint density at radius 3 is 3.07 bits per heavy atom. The van der Waals surface area contributed by atoms with Crippen LogP contribution in [0.2, 0.25) is 0 Å². The van der Waals surface area contributed by atoms with Gasteiger partial charge >= 0.3 is 0 Å². The fourth-order valence-electron chi connectivity index (χ4n) is 1.61. The molecule has 0 aliphatic carbocycles. The molecule has 2 rings (SSSR count). The van der Waals surface area contributed by atoms with Crippen LogP contribution >= 0.6 is 0 Å². The topological polar surface area (TPSA) is 44.5 Å². The fourth-order valence-corrected chi connectivity index (χ4v) is 1.61. The maximum Gasteiger partial charge on any atom is 0.231 e. The van der Waals surface area contributed by atoms with Crippen molar-refractivity contribution in [2.24, 2.45) is 11.7 Å². The van der Waals surface area contributed by atoms with Gasteiger partial charge in [0.05, 0.1) is 0 Å². The summed E-state index contributed by atoms with van der Waals surface area (Å²) in [6.07, 6.45) is 0.947. The Labute approximate surface area is 83.8 Å². The predicted octanol–water partition coefficient (Wildman–Crippen LogP) is 1.55. The van der Waals surface area contributed by atoms with Crippen LogP contribution in [0.1, 0.15) is 12.5 Å². The lowest BCUT2D eigenvalue weighted by Gasteiger charge is -2.10. The van der Waals surface area contributed by atoms with Gasteiger partial charge in [0.1, 0.15) is 0 Å². The number of nitrogens with two attached hydrogens (primary N) is 1. The zero-order valence-corrected chi connectivity index (χ0v) is 8.32. The SMILES string of the molecule is C[C@H](CN)Cc1cccc2c1OCO2. The molecule has 0 amide bonds. The fraction of sp³-hybridized carbons (Fsp3) is 0.455. The lowest BCUT2D eigenvalue weighted by atomic mass is 10.0. The van der Waals surface area contributed by atoms with Gasteiger partial charge in [-0.15, -0.1) is 0 Å². The summed E-state index contributed by atoms with van der Waals surface area (Å²) in [5, 5.41) is 0. The van der Waals surface area contributed by atoms with Crippen LogP contribution in [0, 0.1) is 5.92 Å². The molecule has 0 spiro atoms. The minimum atomic E-state index is 0.337. The molecular weight excluding hydrogens is 178 g/mol. The van der Waals surface area contributed by atoms with E-state index >= 15 is 0 Å². The summed E-state index contributed by atoms with van der Waals surface area (Å²) in [6, 6.07) is 5.99. The van der Waals surface area contributed by atoms with Crippen molar-refractivity contribution >= 4 is 0 Å². The van der Waals surface area contributed by atoms with Crippen molar-refractivity contribution in [3.63, 3.8) is 0 Å². The van der Waals surface area contributed by atoms with Gasteiger partial charge in [0.2, 0.25) is 6.79 Å². The summed E-state index contributed by atoms with van der Waals surface area (Å²) in [5.41, 5.74) is 6.79. The van der Waals surface area contributed by atoms with Crippen LogP contribution in [0.4, 0.5) is 0 Å². The van der Waals surface area contributed by atoms with Crippen molar-refractivity contribution in [1.29, 1.82) is 0 Å². The molecule has 3 heteroatoms. The highest BCUT2D eigenvalue weighted by Gasteiger charge is 2.17. The van der Waals surface area contributed by atoms with Crippen molar-refractivity contribution < 1.29 is 9.47 Å². The van der Waals surface area contributed by atoms with E-state index in [0.29, 0.717) is 19.3 Å². The van der Waals surface area contributed by atoms with Crippen LogP contribution in [0.5, 0.6) is 11.5 Å². The quantitative estimate of drug-likeness (QED) is 0.792. The van der Waals surface area contributed by atoms with E-state index in [4.69, 9.17) is 15.2 Å². The van der Waals surface area contributed by atoms with E-state index in [0.717, 1.165) is 17.9 Å². The lowest BCUT2D eigenvalue weighted by molar-refractivity contribution is 0.173. The Morgan fingerprint density at radius 2 is 2.29 bits per heavy atom. The maximum atomic E-state index is 5.59. The predicted molar refractivity (Wildman–Crippen MR) is 54.5 cm³/mol. The highest BCUT2D eigenvalue weighted by molar-refractivity contribution is 5.48. The van der Waals surface area contributed by atoms with Crippen molar-refractivity contribution in [1.82, 2.24) is 0 Å². The van der Waals surface area contributed by atoms with Crippen LogP contribution in [-0.4, -0.2) is 13.3 Å². The molecule has 1 heterocycles. The third-order valence-electron chi connectivity index (χ3n) is 2.45. The Kier molecular flexibility index (Phi) is 2.59. The second kappa shape index (κ2) is 3.88. The summed E-state index contributed by atoms with van der Waals surface area (Å²) in [5.74, 6) is 2.23. The Hall–Kier alpha value is -1.22. The molecule has 2 N–H and O–H groups in total. The second-order valence-electron chi connectivity index (χ2n) is 3.70. The van der Waals surface area contributed by atoms with E-state index < -0.39 is 0 Å². The van der Waals surface area contributed by atoms with E-state index in [9.17, 15) is 0 Å². The minimum absolute atomic E-state index is 0.337. The molecule has 0 bridgehead atoms. The van der Waals surface area contributed by atoms with Gasteiger partial charge in [0.15, 0.2) is 11.5 Å². The molecule has 0 aromatic heterocycles. The number of rotatable bonds is 3. The smallest absolute Gasteiger partial charge is 0.231 e. The molecule has 0 saturated carbocycles. The maximum absolute atomic E-state index is 5.59. The van der Waals surface area contributed by atoms with E-state index in [1.807, 2.05) is 12.1 Å². The largest absolute Gasteiger partial charge is 0.454 e. The molecule has 1 aromatic carbocycles. The summed E-state index contributed by atoms with van der Waals surface area (Å²) < 4.78 is 10.7. The zero-order chi connectivity index (χ0) is 9.97. The molecule has 3 nitrogen and oxygen atoms in total. The normalized spacial score (nSPS) is 15.6. The number of hydrogen-bond acceptors (Lipinski definition) is 3. The molecule has 1 aliphatic rings. The highest BCUT2D eigenvalue weighted by atomic mass is 16.7. The first-order chi connectivity index (χ1) is 6.81. The standard InChI is InChI=1S/C11H15NO2/c1-8(6-12)5-9-3-2-4-10-11(9)14-7-13-10/h2-4,8H,5-7,12H2,1H3/t8-/m0/s1. The molecule has 0 fully saturated rings. The summed E-state index contributed by atoms with van der Waals surface area (Å²) in [7, 11) is 0. The summed E-state index contributed by atoms with van der Waals surface area (Å²) in [4.78, 5) is 0. The zero-order valence-electron chi connectivity index (χ0n) is 8.32. The molecule has 1 aliphatic heterocycles. The summed E-state index contributed by atoms with van der Waals surface area (Å²) >= 11 is 0. The van der Waals surface area contributed by atoms with Gasteiger partial charge in [-0.2, -0.15) is 0 Å². The number of hydrogen-bond donors (Lipinski definition) is 1. The third kappa shape index (κ3) is 1.68. The average Bonchev–Trinajstić information content (AvgIpc) is 2.66. The molecule has 1 aromatic rings. The second-order valence-corrected chi connectivity index (χ2v) is 3.70. The van der Waals surface area contributed by atoms with Gasteiger partial charge in [-0.3, -0.25) is 0 Å². The molecule has 14 heavy (non-hydrogen) atoms. The van der Waals surface area contributed by atoms with Gasteiger partial charge in [-0.05, 0) is 30.5 Å². The average molecular weight is 193 g/mol. The van der Waals surface area contributed by atoms with E-state index in [1.165, 1.54) is 5.56 Å². The van der Waals surface area contributed by atoms with Crippen molar-refractivity contribution in [3.8, 4) is 11.5 Å². The van der Waals surface area contributed by atoms with Crippen LogP contribution in [0.3, 0.4) is 0 Å². The van der Waals surface area contributed by atoms with E-state index in [1.54, 1.807) is 0 Å². The molecular formula is C11H15NO2. The number of fused-ring (bicyclic) bond motifs is 1. The van der Waals surface area contributed by atoms with Gasteiger partial charge in [0.25, 0.3) is 0 Å². The third-order valence-corrected chi connectivity index (χ3v) is 2.45. The molecule has 0 radical (unpaired) electrons. The van der Waals surface area contributed by atoms with Gasteiger partial charge < -0.3 is 15.2 Å². The number of para-hydroxylation sites is 1. The van der Waals surface area contributed by atoms with Crippen molar-refractivity contribution in [2.45, 2.75) is 13.3 Å². The van der Waals surface area contributed by atoms with Crippen molar-refractivity contribution in [2.75, 3.05) is 13.3 Å². The number of ether oxygens (including phenoxy) is 2. The van der Waals surface area contributed by atoms with Gasteiger partial charge in [-0.25, -0.2) is 0 Å². The Morgan fingerprint density at radius 1 is 1.43 bits per heavy atom. The molecule has 76 valence electrons. The van der Waals surface area contributed by atoms with Crippen LogP contribution in [0.15, 0.2) is 18.2 Å². The molecule has 0 saturated heterocycles. The summed E-state index contributed by atoms with van der Waals surface area (Å²) in [6.45, 7) is 3.17. The monoisotopic (exact) mass is 193 g/mol. The first-order valence-electron chi connectivity index (χ1n) is 4.89. The lowest BCUT2D eigenvalue weighted by Crippen LogP contribution is -2.13. The minimum Gasteiger partial charge on any atom is -0.454 e. The first-order valence-corrected chi connectivity index (χ1v) is 4.89. The van der Waals surface area contributed by atoms with Crippen molar-refractivity contribution in [3.05, 3.63) is 23.8 Å². The van der Waals surface area contributed by atoms with E-state index in [2.05, 4.69) is 13.0 Å². The molecule has 1 atom stereocenters. The molecule has 0 unspecified atom stereocenters. The van der Waals surface area contributed by atoms with Gasteiger partial charge in [-0.1, -0.05) is 19.1 Å². The van der Waals surface area contributed by atoms with Crippen LogP contribution in [0.25, 0.3) is 0 Å². The highest BCUT2D eigenvalue weighted by Crippen LogP contribution is 2.36. The van der Waals surface area contributed by atoms with Crippen LogP contribution < -0.4 is 15.2 Å². The Bertz CT molecular complexity index is 325. The van der Waals surface area contributed by atoms with Gasteiger partial charge in [0, 0.05) is 0 Å². The Balaban J connectivity index is 2.22. The van der Waals surface area contributed by atoms with E-state index in [-0.39, 0.29) is 0 Å².